The number of benzene rings is 3. The zero-order valence-corrected chi connectivity index (χ0v) is 19.4. The number of sulfonamides is 1. The molecule has 0 bridgehead atoms. The Bertz CT molecular complexity index is 1210. The summed E-state index contributed by atoms with van der Waals surface area (Å²) in [7, 11) is -0.980. The van der Waals surface area contributed by atoms with Crippen LogP contribution in [0.5, 0.6) is 11.5 Å². The SMILES string of the molecule is CCOc1ccccc1NC(=O)c1cc(S(=O)(=O)N(C)c2ccc(OC)cc2)ccc1Cl. The summed E-state index contributed by atoms with van der Waals surface area (Å²) in [6.07, 6.45) is 0. The van der Waals surface area contributed by atoms with Gasteiger partial charge in [-0.15, -0.1) is 0 Å². The molecule has 0 radical (unpaired) electrons. The van der Waals surface area contributed by atoms with Crippen molar-refractivity contribution in [3.8, 4) is 11.5 Å². The van der Waals surface area contributed by atoms with Crippen LogP contribution in [-0.2, 0) is 10.0 Å². The lowest BCUT2D eigenvalue weighted by molar-refractivity contribution is 0.102. The molecule has 1 N–H and O–H groups in total. The summed E-state index contributed by atoms with van der Waals surface area (Å²) in [5.41, 5.74) is 0.929. The second-order valence-electron chi connectivity index (χ2n) is 6.70. The van der Waals surface area contributed by atoms with Crippen LogP contribution in [0.2, 0.25) is 5.02 Å². The molecule has 168 valence electrons. The quantitative estimate of drug-likeness (QED) is 0.505. The van der Waals surface area contributed by atoms with E-state index in [9.17, 15) is 13.2 Å². The van der Waals surface area contributed by atoms with E-state index in [1.54, 1.807) is 48.5 Å². The van der Waals surface area contributed by atoms with E-state index in [-0.39, 0.29) is 15.5 Å². The van der Waals surface area contributed by atoms with Gasteiger partial charge in [0.15, 0.2) is 0 Å². The van der Waals surface area contributed by atoms with E-state index < -0.39 is 15.9 Å². The number of nitrogens with zero attached hydrogens (tertiary/aromatic N) is 1. The Hall–Kier alpha value is -3.23. The average molecular weight is 475 g/mol. The lowest BCUT2D eigenvalue weighted by Crippen LogP contribution is -2.27. The Morgan fingerprint density at radius 3 is 2.41 bits per heavy atom. The van der Waals surface area contributed by atoms with Crippen LogP contribution in [0.3, 0.4) is 0 Å². The van der Waals surface area contributed by atoms with Crippen molar-refractivity contribution in [2.75, 3.05) is 30.4 Å². The number of hydrogen-bond acceptors (Lipinski definition) is 5. The first-order valence-electron chi connectivity index (χ1n) is 9.73. The highest BCUT2D eigenvalue weighted by Crippen LogP contribution is 2.29. The molecule has 9 heteroatoms. The first-order valence-corrected chi connectivity index (χ1v) is 11.6. The maximum atomic E-state index is 13.2. The van der Waals surface area contributed by atoms with Gasteiger partial charge in [-0.2, -0.15) is 0 Å². The van der Waals surface area contributed by atoms with Gasteiger partial charge in [0.25, 0.3) is 15.9 Å². The first-order chi connectivity index (χ1) is 15.3. The molecule has 7 nitrogen and oxygen atoms in total. The fourth-order valence-electron chi connectivity index (χ4n) is 2.97. The minimum atomic E-state index is -3.94. The van der Waals surface area contributed by atoms with Crippen molar-refractivity contribution in [3.05, 3.63) is 77.3 Å². The van der Waals surface area contributed by atoms with E-state index in [0.717, 1.165) is 4.31 Å². The van der Waals surface area contributed by atoms with Crippen LogP contribution in [-0.4, -0.2) is 35.1 Å². The van der Waals surface area contributed by atoms with Gasteiger partial charge in [0.1, 0.15) is 11.5 Å². The predicted molar refractivity (Wildman–Crippen MR) is 126 cm³/mol. The highest BCUT2D eigenvalue weighted by Gasteiger charge is 2.24. The zero-order valence-electron chi connectivity index (χ0n) is 17.8. The molecular weight excluding hydrogens is 452 g/mol. The molecule has 0 saturated carbocycles. The monoisotopic (exact) mass is 474 g/mol. The first kappa shape index (κ1) is 23.4. The Morgan fingerprint density at radius 1 is 1.06 bits per heavy atom. The number of methoxy groups -OCH3 is 1. The fourth-order valence-corrected chi connectivity index (χ4v) is 4.39. The van der Waals surface area contributed by atoms with E-state index in [0.29, 0.717) is 29.5 Å². The Balaban J connectivity index is 1.91. The largest absolute Gasteiger partial charge is 0.497 e. The van der Waals surface area contributed by atoms with Crippen molar-refractivity contribution < 1.29 is 22.7 Å². The number of amides is 1. The lowest BCUT2D eigenvalue weighted by Gasteiger charge is -2.20. The number of ether oxygens (including phenoxy) is 2. The van der Waals surface area contributed by atoms with Crippen LogP contribution in [0.15, 0.2) is 71.6 Å². The third kappa shape index (κ3) is 4.98. The molecule has 3 aromatic carbocycles. The van der Waals surface area contributed by atoms with Gasteiger partial charge in [-0.1, -0.05) is 23.7 Å². The number of carbonyl (C=O) groups is 1. The van der Waals surface area contributed by atoms with Crippen LogP contribution in [0.4, 0.5) is 11.4 Å². The van der Waals surface area contributed by atoms with Gasteiger partial charge in [-0.25, -0.2) is 8.42 Å². The van der Waals surface area contributed by atoms with Gasteiger partial charge < -0.3 is 14.8 Å². The number of nitrogens with one attached hydrogen (secondary N) is 1. The maximum Gasteiger partial charge on any atom is 0.264 e. The standard InChI is InChI=1S/C23H23ClN2O5S/c1-4-31-22-8-6-5-7-21(22)25-23(27)19-15-18(13-14-20(19)24)32(28,29)26(2)16-9-11-17(30-3)12-10-16/h5-15H,4H2,1-3H3,(H,25,27). The van der Waals surface area contributed by atoms with Gasteiger partial charge in [0.2, 0.25) is 0 Å². The van der Waals surface area contributed by atoms with Crippen molar-refractivity contribution in [1.82, 2.24) is 0 Å². The molecular formula is C23H23ClN2O5S. The van der Waals surface area contributed by atoms with Crippen molar-refractivity contribution in [3.63, 3.8) is 0 Å². The van der Waals surface area contributed by atoms with E-state index in [1.807, 2.05) is 6.92 Å². The third-order valence-corrected chi connectivity index (χ3v) is 6.82. The van der Waals surface area contributed by atoms with Crippen LogP contribution in [0.1, 0.15) is 17.3 Å². The fraction of sp³-hybridized carbons (Fsp3) is 0.174. The van der Waals surface area contributed by atoms with Crippen molar-refractivity contribution in [1.29, 1.82) is 0 Å². The molecule has 0 saturated heterocycles. The molecule has 0 fully saturated rings. The number of halogens is 1. The Kier molecular flexibility index (Phi) is 7.27. The smallest absolute Gasteiger partial charge is 0.264 e. The summed E-state index contributed by atoms with van der Waals surface area (Å²) in [6.45, 7) is 2.27. The molecule has 1 amide bonds. The van der Waals surface area contributed by atoms with Crippen LogP contribution in [0.25, 0.3) is 0 Å². The summed E-state index contributed by atoms with van der Waals surface area (Å²) in [5, 5.41) is 2.86. The van der Waals surface area contributed by atoms with E-state index >= 15 is 0 Å². The molecule has 0 unspecified atom stereocenters. The van der Waals surface area contributed by atoms with Crippen LogP contribution < -0.4 is 19.1 Å². The second kappa shape index (κ2) is 9.93. The Morgan fingerprint density at radius 2 is 1.75 bits per heavy atom. The Labute approximate surface area is 192 Å². The normalized spacial score (nSPS) is 11.0. The molecule has 0 aliphatic carbocycles. The highest BCUT2D eigenvalue weighted by atomic mass is 35.5. The summed E-state index contributed by atoms with van der Waals surface area (Å²) >= 11 is 6.22. The van der Waals surface area contributed by atoms with Crippen LogP contribution in [0, 0.1) is 0 Å². The van der Waals surface area contributed by atoms with Gasteiger partial charge in [-0.3, -0.25) is 9.10 Å². The van der Waals surface area contributed by atoms with Crippen LogP contribution >= 0.6 is 11.6 Å². The second-order valence-corrected chi connectivity index (χ2v) is 9.07. The molecule has 3 rings (SSSR count). The predicted octanol–water partition coefficient (Wildman–Crippen LogP) is 4.82. The molecule has 32 heavy (non-hydrogen) atoms. The molecule has 0 heterocycles. The average Bonchev–Trinajstić information content (AvgIpc) is 2.80. The molecule has 0 aromatic heterocycles. The van der Waals surface area contributed by atoms with E-state index in [1.165, 1.54) is 32.4 Å². The number of anilines is 2. The molecule has 3 aromatic rings. The van der Waals surface area contributed by atoms with Gasteiger partial charge >= 0.3 is 0 Å². The number of para-hydroxylation sites is 2. The topological polar surface area (TPSA) is 84.9 Å². The maximum absolute atomic E-state index is 13.2. The van der Waals surface area contributed by atoms with Crippen molar-refractivity contribution >= 4 is 38.9 Å². The van der Waals surface area contributed by atoms with Crippen molar-refractivity contribution in [2.24, 2.45) is 0 Å². The van der Waals surface area contributed by atoms with Gasteiger partial charge in [-0.05, 0) is 61.5 Å². The van der Waals surface area contributed by atoms with E-state index in [2.05, 4.69) is 5.32 Å². The molecule has 0 aliphatic rings. The molecule has 0 atom stereocenters. The van der Waals surface area contributed by atoms with Crippen molar-refractivity contribution in [2.45, 2.75) is 11.8 Å². The molecule has 0 aliphatic heterocycles. The molecule has 0 spiro atoms. The summed E-state index contributed by atoms with van der Waals surface area (Å²) in [4.78, 5) is 12.8. The number of hydrogen-bond donors (Lipinski definition) is 1. The summed E-state index contributed by atoms with van der Waals surface area (Å²) in [6, 6.07) is 17.6. The van der Waals surface area contributed by atoms with E-state index in [4.69, 9.17) is 21.1 Å². The number of rotatable bonds is 8. The highest BCUT2D eigenvalue weighted by molar-refractivity contribution is 7.92. The van der Waals surface area contributed by atoms with Gasteiger partial charge in [0.05, 0.1) is 40.6 Å². The summed E-state index contributed by atoms with van der Waals surface area (Å²) in [5.74, 6) is 0.561. The summed E-state index contributed by atoms with van der Waals surface area (Å²) < 4.78 is 38.1. The minimum absolute atomic E-state index is 0.0298. The third-order valence-electron chi connectivity index (χ3n) is 4.71. The number of carbonyl (C=O) groups excluding carboxylic acids is 1. The minimum Gasteiger partial charge on any atom is -0.497 e. The lowest BCUT2D eigenvalue weighted by atomic mass is 10.2. The van der Waals surface area contributed by atoms with Gasteiger partial charge in [0, 0.05) is 7.05 Å². The zero-order chi connectivity index (χ0) is 23.3.